The molecule has 2 aromatic rings. The predicted molar refractivity (Wildman–Crippen MR) is 93.2 cm³/mol. The van der Waals surface area contributed by atoms with Gasteiger partial charge in [0.15, 0.2) is 11.5 Å². The lowest BCUT2D eigenvalue weighted by Gasteiger charge is -2.18. The highest BCUT2D eigenvalue weighted by molar-refractivity contribution is 6.20. The highest BCUT2D eigenvalue weighted by Crippen LogP contribution is 2.35. The molecule has 0 aliphatic carbocycles. The first kappa shape index (κ1) is 16.1. The maximum absolute atomic E-state index is 11.7. The molecule has 1 heterocycles. The molecule has 4 nitrogen and oxygen atoms in total. The molecular formula is C20H20O4. The molecule has 0 saturated carbocycles. The van der Waals surface area contributed by atoms with Gasteiger partial charge in [-0.1, -0.05) is 51.1 Å². The van der Waals surface area contributed by atoms with Crippen LogP contribution in [0.1, 0.15) is 37.5 Å². The summed E-state index contributed by atoms with van der Waals surface area (Å²) in [5.41, 5.74) is 2.93. The van der Waals surface area contributed by atoms with Crippen LogP contribution in [-0.4, -0.2) is 17.9 Å². The van der Waals surface area contributed by atoms with E-state index in [1.165, 1.54) is 5.56 Å². The number of benzene rings is 2. The third-order valence-corrected chi connectivity index (χ3v) is 4.00. The van der Waals surface area contributed by atoms with Crippen LogP contribution in [0, 0.1) is 0 Å². The Morgan fingerprint density at radius 1 is 1.04 bits per heavy atom. The van der Waals surface area contributed by atoms with E-state index >= 15 is 0 Å². The van der Waals surface area contributed by atoms with Crippen LogP contribution in [0.4, 0.5) is 0 Å². The molecule has 124 valence electrons. The first-order valence-corrected chi connectivity index (χ1v) is 7.80. The van der Waals surface area contributed by atoms with Crippen LogP contribution in [0.15, 0.2) is 42.5 Å². The molecule has 1 N–H and O–H groups in total. The number of aliphatic carboxylic acids is 1. The molecular weight excluding hydrogens is 304 g/mol. The van der Waals surface area contributed by atoms with Crippen molar-refractivity contribution in [3.05, 3.63) is 59.2 Å². The smallest absolute Gasteiger partial charge is 0.336 e. The average Bonchev–Trinajstić information content (AvgIpc) is 2.99. The lowest BCUT2D eigenvalue weighted by Crippen LogP contribution is -2.10. The molecule has 24 heavy (non-hydrogen) atoms. The molecule has 2 aromatic carbocycles. The van der Waals surface area contributed by atoms with Gasteiger partial charge < -0.3 is 14.6 Å². The van der Waals surface area contributed by atoms with Crippen LogP contribution in [0.25, 0.3) is 11.6 Å². The molecule has 1 aliphatic rings. The summed E-state index contributed by atoms with van der Waals surface area (Å²) in [6, 6.07) is 13.1. The van der Waals surface area contributed by atoms with Crippen LogP contribution >= 0.6 is 0 Å². The fraction of sp³-hybridized carbons (Fsp3) is 0.250. The molecule has 0 unspecified atom stereocenters. The Balaban J connectivity index is 1.96. The predicted octanol–water partition coefficient (Wildman–Crippen LogP) is 4.34. The van der Waals surface area contributed by atoms with Crippen molar-refractivity contribution < 1.29 is 19.4 Å². The number of hydrogen-bond acceptors (Lipinski definition) is 3. The van der Waals surface area contributed by atoms with Crippen LogP contribution < -0.4 is 9.47 Å². The van der Waals surface area contributed by atoms with Crippen molar-refractivity contribution in [1.82, 2.24) is 0 Å². The van der Waals surface area contributed by atoms with E-state index in [0.717, 1.165) is 5.56 Å². The molecule has 3 rings (SSSR count). The van der Waals surface area contributed by atoms with Crippen molar-refractivity contribution in [3.63, 3.8) is 0 Å². The lowest BCUT2D eigenvalue weighted by atomic mass is 9.86. The summed E-state index contributed by atoms with van der Waals surface area (Å²) < 4.78 is 10.6. The molecule has 4 heteroatoms. The van der Waals surface area contributed by atoms with Gasteiger partial charge in [-0.15, -0.1) is 0 Å². The van der Waals surface area contributed by atoms with E-state index in [1.54, 1.807) is 24.3 Å². The summed E-state index contributed by atoms with van der Waals surface area (Å²) >= 11 is 0. The summed E-state index contributed by atoms with van der Waals surface area (Å²) in [5.74, 6) is 0.231. The van der Waals surface area contributed by atoms with Crippen LogP contribution in [0.5, 0.6) is 11.5 Å². The Labute approximate surface area is 141 Å². The van der Waals surface area contributed by atoms with Crippen molar-refractivity contribution in [3.8, 4) is 11.5 Å². The Kier molecular flexibility index (Phi) is 4.06. The van der Waals surface area contributed by atoms with Gasteiger partial charge in [0.1, 0.15) is 0 Å². The Morgan fingerprint density at radius 3 is 2.33 bits per heavy atom. The minimum absolute atomic E-state index is 0.0647. The normalized spacial score (nSPS) is 13.9. The fourth-order valence-corrected chi connectivity index (χ4v) is 2.58. The van der Waals surface area contributed by atoms with Crippen molar-refractivity contribution in [1.29, 1.82) is 0 Å². The summed E-state index contributed by atoms with van der Waals surface area (Å²) in [5, 5.41) is 9.58. The zero-order valence-corrected chi connectivity index (χ0v) is 14.0. The van der Waals surface area contributed by atoms with Gasteiger partial charge in [0.05, 0.1) is 5.57 Å². The zero-order chi connectivity index (χ0) is 17.3. The zero-order valence-electron chi connectivity index (χ0n) is 14.0. The number of ether oxygens (including phenoxy) is 2. The molecule has 0 bridgehead atoms. The molecule has 0 radical (unpaired) electrons. The second-order valence-corrected chi connectivity index (χ2v) is 6.80. The van der Waals surface area contributed by atoms with E-state index in [1.807, 2.05) is 24.3 Å². The van der Waals surface area contributed by atoms with Crippen LogP contribution in [0.2, 0.25) is 0 Å². The van der Waals surface area contributed by atoms with Gasteiger partial charge in [-0.2, -0.15) is 0 Å². The van der Waals surface area contributed by atoms with Crippen molar-refractivity contribution in [2.45, 2.75) is 26.2 Å². The minimum atomic E-state index is -0.978. The summed E-state index contributed by atoms with van der Waals surface area (Å²) in [6.45, 7) is 6.60. The maximum Gasteiger partial charge on any atom is 0.336 e. The number of hydrogen-bond donors (Lipinski definition) is 1. The van der Waals surface area contributed by atoms with E-state index in [9.17, 15) is 9.90 Å². The fourth-order valence-electron chi connectivity index (χ4n) is 2.58. The number of rotatable bonds is 3. The van der Waals surface area contributed by atoms with Crippen LogP contribution in [-0.2, 0) is 10.2 Å². The van der Waals surface area contributed by atoms with Crippen LogP contribution in [0.3, 0.4) is 0 Å². The molecule has 0 spiro atoms. The van der Waals surface area contributed by atoms with E-state index in [4.69, 9.17) is 9.47 Å². The molecule has 0 fully saturated rings. The van der Waals surface area contributed by atoms with Crippen molar-refractivity contribution in [2.75, 3.05) is 6.79 Å². The Morgan fingerprint density at radius 2 is 1.71 bits per heavy atom. The molecule has 0 aromatic heterocycles. The number of carbonyl (C=O) groups is 1. The number of fused-ring (bicyclic) bond motifs is 1. The first-order chi connectivity index (χ1) is 11.3. The minimum Gasteiger partial charge on any atom is -0.478 e. The van der Waals surface area contributed by atoms with Gasteiger partial charge in [0.2, 0.25) is 6.79 Å². The first-order valence-electron chi connectivity index (χ1n) is 7.80. The highest BCUT2D eigenvalue weighted by Gasteiger charge is 2.18. The molecule has 0 atom stereocenters. The van der Waals surface area contributed by atoms with Gasteiger partial charge >= 0.3 is 5.97 Å². The van der Waals surface area contributed by atoms with E-state index in [0.29, 0.717) is 17.1 Å². The van der Waals surface area contributed by atoms with Gasteiger partial charge in [0, 0.05) is 0 Å². The standard InChI is InChI=1S/C20H20O4/c1-20(2,3)15-7-4-13(5-8-15)10-16(19(21)22)14-6-9-17-18(11-14)24-12-23-17/h4-11H,12H2,1-3H3,(H,21,22)/b16-10-. The van der Waals surface area contributed by atoms with E-state index in [2.05, 4.69) is 20.8 Å². The Hall–Kier alpha value is -2.75. The average molecular weight is 324 g/mol. The monoisotopic (exact) mass is 324 g/mol. The molecule has 1 aliphatic heterocycles. The van der Waals surface area contributed by atoms with Gasteiger partial charge in [-0.3, -0.25) is 0 Å². The SMILES string of the molecule is CC(C)(C)c1ccc(/C=C(\C(=O)O)c2ccc3c(c2)OCO3)cc1. The topological polar surface area (TPSA) is 55.8 Å². The van der Waals surface area contributed by atoms with Crippen molar-refractivity contribution >= 4 is 17.6 Å². The largest absolute Gasteiger partial charge is 0.478 e. The highest BCUT2D eigenvalue weighted by atomic mass is 16.7. The molecule has 0 saturated heterocycles. The number of carboxylic acids is 1. The molecule has 0 amide bonds. The third-order valence-electron chi connectivity index (χ3n) is 4.00. The van der Waals surface area contributed by atoms with Gasteiger partial charge in [0.25, 0.3) is 0 Å². The van der Waals surface area contributed by atoms with Crippen molar-refractivity contribution in [2.24, 2.45) is 0 Å². The Bertz CT molecular complexity index is 795. The second kappa shape index (κ2) is 6.04. The number of carboxylic acid groups (broad SMARTS) is 1. The summed E-state index contributed by atoms with van der Waals surface area (Å²) in [6.07, 6.45) is 1.67. The van der Waals surface area contributed by atoms with E-state index < -0.39 is 5.97 Å². The third kappa shape index (κ3) is 3.27. The summed E-state index contributed by atoms with van der Waals surface area (Å²) in [4.78, 5) is 11.7. The quantitative estimate of drug-likeness (QED) is 0.674. The lowest BCUT2D eigenvalue weighted by molar-refractivity contribution is -0.130. The van der Waals surface area contributed by atoms with E-state index in [-0.39, 0.29) is 17.8 Å². The van der Waals surface area contributed by atoms with Gasteiger partial charge in [-0.05, 0) is 40.3 Å². The second-order valence-electron chi connectivity index (χ2n) is 6.80. The summed E-state index contributed by atoms with van der Waals surface area (Å²) in [7, 11) is 0. The maximum atomic E-state index is 11.7. The van der Waals surface area contributed by atoms with Gasteiger partial charge in [-0.25, -0.2) is 4.79 Å².